The van der Waals surface area contributed by atoms with Crippen LogP contribution in [0.25, 0.3) is 0 Å². The Bertz CT molecular complexity index is 272. The van der Waals surface area contributed by atoms with Crippen LogP contribution in [0.3, 0.4) is 0 Å². The van der Waals surface area contributed by atoms with Crippen LogP contribution < -0.4 is 29.6 Å². The van der Waals surface area contributed by atoms with E-state index in [0.717, 1.165) is 0 Å². The van der Waals surface area contributed by atoms with E-state index < -0.39 is 20.8 Å². The summed E-state index contributed by atoms with van der Waals surface area (Å²) in [7, 11) is -10.0. The van der Waals surface area contributed by atoms with E-state index in [1.165, 1.54) is 0 Å². The van der Waals surface area contributed by atoms with E-state index >= 15 is 0 Å². The minimum atomic E-state index is -5.02. The molecule has 0 aliphatic rings. The molecule has 0 amide bonds. The normalized spacial score (nSPS) is 10.6. The molecule has 0 aliphatic carbocycles. The van der Waals surface area contributed by atoms with Crippen molar-refractivity contribution >= 4 is 27.6 Å². The molecule has 0 radical (unpaired) electrons. The largest absolute Gasteiger partial charge is 1.00 e. The molecule has 0 aromatic rings. The summed E-state index contributed by atoms with van der Waals surface area (Å²) in [6.07, 6.45) is 0. The molecule has 0 fully saturated rings. The second-order valence-corrected chi connectivity index (χ2v) is 2.97. The van der Waals surface area contributed by atoms with Gasteiger partial charge in [0.05, 0.1) is 0 Å². The molecule has 0 aliphatic heterocycles. The fourth-order valence-corrected chi connectivity index (χ4v) is 0.632. The zero-order valence-electron chi connectivity index (χ0n) is 7.28. The summed E-state index contributed by atoms with van der Waals surface area (Å²) >= 11 is 0. The third-order valence-electron chi connectivity index (χ3n) is 0.200. The molecule has 0 aromatic heterocycles. The molecule has 0 rings (SSSR count). The minimum Gasteiger partial charge on any atom is -1.00 e. The summed E-state index contributed by atoms with van der Waals surface area (Å²) in [5, 5.41) is 0. The van der Waals surface area contributed by atoms with Crippen molar-refractivity contribution in [2.24, 2.45) is 0 Å². The molecule has 0 bridgehead atoms. The summed E-state index contributed by atoms with van der Waals surface area (Å²) in [5.74, 6) is 0. The SMILES string of the molecule is C=O.O=S(=O)(O)OOS(=O)(=O)O.[H-].[Na+]. The van der Waals surface area contributed by atoms with Crippen molar-refractivity contribution in [2.45, 2.75) is 0 Å². The van der Waals surface area contributed by atoms with Crippen molar-refractivity contribution < 1.29 is 70.4 Å². The van der Waals surface area contributed by atoms with E-state index in [2.05, 4.69) is 8.67 Å². The zero-order valence-corrected chi connectivity index (χ0v) is 9.91. The van der Waals surface area contributed by atoms with Gasteiger partial charge in [-0.3, -0.25) is 9.11 Å². The van der Waals surface area contributed by atoms with Crippen molar-refractivity contribution in [3.05, 3.63) is 0 Å². The van der Waals surface area contributed by atoms with Crippen LogP contribution in [-0.4, -0.2) is 32.7 Å². The third-order valence-corrected chi connectivity index (χ3v) is 0.766. The topological polar surface area (TPSA) is 144 Å². The van der Waals surface area contributed by atoms with Gasteiger partial charge in [-0.25, -0.2) is 0 Å². The van der Waals surface area contributed by atoms with Gasteiger partial charge in [0.2, 0.25) is 0 Å². The quantitative estimate of drug-likeness (QED) is 0.218. The third kappa shape index (κ3) is 24.5. The summed E-state index contributed by atoms with van der Waals surface area (Å²) in [6, 6.07) is 0. The molecule has 13 heavy (non-hydrogen) atoms. The molecule has 0 unspecified atom stereocenters. The Balaban J connectivity index is -0.000000117. The predicted molar refractivity (Wildman–Crippen MR) is 33.5 cm³/mol. The maximum absolute atomic E-state index is 9.51. The number of carbonyl (C=O) groups excluding carboxylic acids is 1. The molecule has 12 heteroatoms. The molecule has 0 atom stereocenters. The van der Waals surface area contributed by atoms with Crippen molar-refractivity contribution in [3.63, 3.8) is 0 Å². The average Bonchev–Trinajstić information content (AvgIpc) is 1.86. The van der Waals surface area contributed by atoms with Gasteiger partial charge >= 0.3 is 50.4 Å². The Hall–Kier alpha value is 0.410. The number of rotatable bonds is 3. The molecule has 2 N–H and O–H groups in total. The Morgan fingerprint density at radius 2 is 1.08 bits per heavy atom. The monoisotopic (exact) mass is 248 g/mol. The molecule has 76 valence electrons. The second-order valence-electron chi connectivity index (χ2n) is 0.992. The van der Waals surface area contributed by atoms with E-state index in [9.17, 15) is 16.8 Å². The molecule has 0 saturated carbocycles. The smallest absolute Gasteiger partial charge is 1.00 e. The minimum absolute atomic E-state index is 0. The van der Waals surface area contributed by atoms with Crippen LogP contribution in [0, 0.1) is 0 Å². The first kappa shape index (κ1) is 19.1. The first-order valence-corrected chi connectivity index (χ1v) is 4.55. The fourth-order valence-electron chi connectivity index (χ4n) is 0.0702. The van der Waals surface area contributed by atoms with Crippen molar-refractivity contribution in [3.8, 4) is 0 Å². The van der Waals surface area contributed by atoms with Gasteiger partial charge in [-0.2, -0.15) is 16.8 Å². The molecule has 0 aromatic carbocycles. The first-order valence-electron chi connectivity index (χ1n) is 1.82. The van der Waals surface area contributed by atoms with Crippen molar-refractivity contribution in [1.29, 1.82) is 0 Å². The van der Waals surface area contributed by atoms with Crippen LogP contribution >= 0.6 is 0 Å². The van der Waals surface area contributed by atoms with Gasteiger partial charge in [0.15, 0.2) is 0 Å². The number of hydrogen-bond donors (Lipinski definition) is 2. The van der Waals surface area contributed by atoms with E-state index in [1.54, 1.807) is 0 Å². The van der Waals surface area contributed by atoms with Crippen LogP contribution in [0.1, 0.15) is 1.43 Å². The number of hydrogen-bond acceptors (Lipinski definition) is 7. The Kier molecular flexibility index (Phi) is 11.4. The molecule has 9 nitrogen and oxygen atoms in total. The maximum Gasteiger partial charge on any atom is 1.00 e. The average molecular weight is 248 g/mol. The van der Waals surface area contributed by atoms with E-state index in [1.807, 2.05) is 6.79 Å². The zero-order chi connectivity index (χ0) is 10.4. The van der Waals surface area contributed by atoms with Gasteiger partial charge in [-0.05, 0) is 0 Å². The van der Waals surface area contributed by atoms with Crippen LogP contribution in [0.2, 0.25) is 0 Å². The number of carbonyl (C=O) groups is 1. The molecule has 0 heterocycles. The van der Waals surface area contributed by atoms with Gasteiger partial charge < -0.3 is 6.22 Å². The van der Waals surface area contributed by atoms with Gasteiger partial charge in [0, 0.05) is 0 Å². The summed E-state index contributed by atoms with van der Waals surface area (Å²) in [6.45, 7) is 2.00. The Morgan fingerprint density at radius 1 is 0.923 bits per heavy atom. The Morgan fingerprint density at radius 3 is 1.15 bits per heavy atom. The molecular weight excluding hydrogens is 243 g/mol. The van der Waals surface area contributed by atoms with Crippen LogP contribution in [0.5, 0.6) is 0 Å². The van der Waals surface area contributed by atoms with Gasteiger partial charge in [-0.15, -0.1) is 0 Å². The molecular formula is CH5NaO9S2. The standard InChI is InChI=1S/CH2O.Na.H2O8S2.H/c1-2;;1-9(2,3)7-8-10(4,5)6;/h1H2;;(H,1,2,3)(H,4,5,6);/q;+1;;-1. The van der Waals surface area contributed by atoms with Crippen LogP contribution in [0.4, 0.5) is 0 Å². The maximum atomic E-state index is 9.51. The molecule has 0 spiro atoms. The van der Waals surface area contributed by atoms with E-state index in [-0.39, 0.29) is 31.0 Å². The van der Waals surface area contributed by atoms with Crippen molar-refractivity contribution in [2.75, 3.05) is 0 Å². The van der Waals surface area contributed by atoms with Crippen LogP contribution in [0.15, 0.2) is 0 Å². The van der Waals surface area contributed by atoms with Gasteiger partial charge in [0.25, 0.3) is 0 Å². The fraction of sp³-hybridized carbons (Fsp3) is 0. The van der Waals surface area contributed by atoms with Gasteiger partial charge in [0.1, 0.15) is 6.79 Å². The van der Waals surface area contributed by atoms with Gasteiger partial charge in [-0.1, -0.05) is 8.67 Å². The Labute approximate surface area is 97.6 Å². The predicted octanol–water partition coefficient (Wildman–Crippen LogP) is -4.53. The summed E-state index contributed by atoms with van der Waals surface area (Å²) in [4.78, 5) is 8.00. The van der Waals surface area contributed by atoms with E-state index in [4.69, 9.17) is 13.9 Å². The van der Waals surface area contributed by atoms with E-state index in [0.29, 0.717) is 0 Å². The molecule has 0 saturated heterocycles. The second kappa shape index (κ2) is 7.78. The van der Waals surface area contributed by atoms with Crippen molar-refractivity contribution in [1.82, 2.24) is 0 Å². The van der Waals surface area contributed by atoms with Crippen LogP contribution in [-0.2, 0) is 34.3 Å². The first-order chi connectivity index (χ1) is 5.21. The summed E-state index contributed by atoms with van der Waals surface area (Å²) in [5.41, 5.74) is 0. The summed E-state index contributed by atoms with van der Waals surface area (Å²) < 4.78 is 58.9.